The summed E-state index contributed by atoms with van der Waals surface area (Å²) in [4.78, 5) is 0. The van der Waals surface area contributed by atoms with Crippen molar-refractivity contribution in [2.24, 2.45) is 0 Å². The van der Waals surface area contributed by atoms with Gasteiger partial charge in [0.05, 0.1) is 19.2 Å². The van der Waals surface area contributed by atoms with Crippen LogP contribution in [0.5, 0.6) is 5.75 Å². The topological polar surface area (TPSA) is 45.0 Å². The second kappa shape index (κ2) is 5.38. The summed E-state index contributed by atoms with van der Waals surface area (Å²) in [6.07, 6.45) is 0. The highest BCUT2D eigenvalue weighted by Gasteiger charge is 2.08. The van der Waals surface area contributed by atoms with E-state index in [9.17, 15) is 0 Å². The monoisotopic (exact) mass is 204 g/mol. The summed E-state index contributed by atoms with van der Waals surface area (Å²) >= 11 is 0. The van der Waals surface area contributed by atoms with Crippen LogP contribution in [-0.4, -0.2) is 13.2 Å². The summed E-state index contributed by atoms with van der Waals surface area (Å²) in [7, 11) is 1.65. The van der Waals surface area contributed by atoms with Crippen LogP contribution in [0.25, 0.3) is 0 Å². The van der Waals surface area contributed by atoms with Crippen molar-refractivity contribution in [3.8, 4) is 11.8 Å². The van der Waals surface area contributed by atoms with Gasteiger partial charge in [0.2, 0.25) is 0 Å². The van der Waals surface area contributed by atoms with Crippen LogP contribution in [0.4, 0.5) is 0 Å². The Morgan fingerprint density at radius 2 is 1.87 bits per heavy atom. The molecule has 0 heterocycles. The normalized spacial score (nSPS) is 14.0. The van der Waals surface area contributed by atoms with E-state index in [0.717, 1.165) is 11.3 Å². The van der Waals surface area contributed by atoms with E-state index >= 15 is 0 Å². The lowest BCUT2D eigenvalue weighted by atomic mass is 10.1. The lowest BCUT2D eigenvalue weighted by molar-refractivity contribution is 0.414. The van der Waals surface area contributed by atoms with Crippen LogP contribution in [0.15, 0.2) is 24.3 Å². The molecule has 1 aromatic carbocycles. The summed E-state index contributed by atoms with van der Waals surface area (Å²) in [5, 5.41) is 11.9. The first-order chi connectivity index (χ1) is 7.17. The summed E-state index contributed by atoms with van der Waals surface area (Å²) in [6, 6.07) is 10.0. The molecule has 0 aromatic heterocycles. The Morgan fingerprint density at radius 3 is 2.33 bits per heavy atom. The molecule has 0 bridgehead atoms. The largest absolute Gasteiger partial charge is 0.497 e. The molecule has 15 heavy (non-hydrogen) atoms. The molecule has 0 spiro atoms. The van der Waals surface area contributed by atoms with Gasteiger partial charge >= 0.3 is 0 Å². The molecule has 0 aliphatic carbocycles. The smallest absolute Gasteiger partial charge is 0.118 e. The van der Waals surface area contributed by atoms with E-state index in [-0.39, 0.29) is 12.1 Å². The second-order valence-corrected chi connectivity index (χ2v) is 3.51. The van der Waals surface area contributed by atoms with Gasteiger partial charge in [0.15, 0.2) is 0 Å². The van der Waals surface area contributed by atoms with Crippen LogP contribution < -0.4 is 10.1 Å². The summed E-state index contributed by atoms with van der Waals surface area (Å²) in [6.45, 7) is 3.88. The van der Waals surface area contributed by atoms with E-state index in [0.29, 0.717) is 0 Å². The number of hydrogen-bond acceptors (Lipinski definition) is 3. The third-order valence-electron chi connectivity index (χ3n) is 2.31. The minimum Gasteiger partial charge on any atom is -0.497 e. The number of benzene rings is 1. The number of hydrogen-bond donors (Lipinski definition) is 1. The Morgan fingerprint density at radius 1 is 1.27 bits per heavy atom. The summed E-state index contributed by atoms with van der Waals surface area (Å²) < 4.78 is 5.08. The lowest BCUT2D eigenvalue weighted by Crippen LogP contribution is -2.27. The molecule has 1 rings (SSSR count). The maximum Gasteiger partial charge on any atom is 0.118 e. The Balaban J connectivity index is 2.66. The van der Waals surface area contributed by atoms with Gasteiger partial charge in [0.1, 0.15) is 5.75 Å². The summed E-state index contributed by atoms with van der Waals surface area (Å²) in [5.74, 6) is 0.847. The molecule has 2 atom stereocenters. The van der Waals surface area contributed by atoms with Gasteiger partial charge in [-0.05, 0) is 31.5 Å². The van der Waals surface area contributed by atoms with Crippen molar-refractivity contribution in [2.75, 3.05) is 7.11 Å². The van der Waals surface area contributed by atoms with Crippen molar-refractivity contribution in [2.45, 2.75) is 25.9 Å². The first-order valence-electron chi connectivity index (χ1n) is 4.97. The van der Waals surface area contributed by atoms with Gasteiger partial charge in [0, 0.05) is 6.04 Å². The molecular formula is C12H16N2O. The number of ether oxygens (including phenoxy) is 1. The van der Waals surface area contributed by atoms with Gasteiger partial charge in [-0.3, -0.25) is 5.32 Å². The third-order valence-corrected chi connectivity index (χ3v) is 2.31. The van der Waals surface area contributed by atoms with E-state index in [1.54, 1.807) is 7.11 Å². The van der Waals surface area contributed by atoms with Crippen molar-refractivity contribution in [1.29, 1.82) is 5.26 Å². The SMILES string of the molecule is COc1ccc([C@@H](C)NC(C)C#N)cc1. The van der Waals surface area contributed by atoms with Crippen LogP contribution in [0.3, 0.4) is 0 Å². The highest BCUT2D eigenvalue weighted by atomic mass is 16.5. The Hall–Kier alpha value is -1.53. The van der Waals surface area contributed by atoms with E-state index in [1.165, 1.54) is 0 Å². The third kappa shape index (κ3) is 3.26. The molecule has 3 nitrogen and oxygen atoms in total. The zero-order valence-electron chi connectivity index (χ0n) is 9.32. The first-order valence-corrected chi connectivity index (χ1v) is 4.97. The number of nitriles is 1. The molecule has 0 amide bonds. The Labute approximate surface area is 90.7 Å². The molecule has 1 unspecified atom stereocenters. The van der Waals surface area contributed by atoms with Gasteiger partial charge in [-0.1, -0.05) is 12.1 Å². The fourth-order valence-corrected chi connectivity index (χ4v) is 1.40. The van der Waals surface area contributed by atoms with Gasteiger partial charge in [-0.2, -0.15) is 5.26 Å². The zero-order valence-corrected chi connectivity index (χ0v) is 9.32. The van der Waals surface area contributed by atoms with Crippen molar-refractivity contribution < 1.29 is 4.74 Å². The van der Waals surface area contributed by atoms with Crippen LogP contribution in [0.2, 0.25) is 0 Å². The average Bonchev–Trinajstić information content (AvgIpc) is 2.29. The molecule has 1 aromatic rings. The van der Waals surface area contributed by atoms with Crippen LogP contribution in [-0.2, 0) is 0 Å². The van der Waals surface area contributed by atoms with E-state index < -0.39 is 0 Å². The minimum absolute atomic E-state index is 0.137. The van der Waals surface area contributed by atoms with Gasteiger partial charge in [-0.15, -0.1) is 0 Å². The molecule has 0 radical (unpaired) electrons. The molecule has 0 saturated heterocycles. The molecule has 0 aliphatic heterocycles. The highest BCUT2D eigenvalue weighted by Crippen LogP contribution is 2.17. The fraction of sp³-hybridized carbons (Fsp3) is 0.417. The molecule has 0 fully saturated rings. The van der Waals surface area contributed by atoms with Gasteiger partial charge in [0.25, 0.3) is 0 Å². The van der Waals surface area contributed by atoms with Gasteiger partial charge < -0.3 is 4.74 Å². The predicted octanol–water partition coefficient (Wildman–Crippen LogP) is 2.26. The van der Waals surface area contributed by atoms with Crippen LogP contribution in [0.1, 0.15) is 25.5 Å². The van der Waals surface area contributed by atoms with Crippen molar-refractivity contribution in [1.82, 2.24) is 5.32 Å². The highest BCUT2D eigenvalue weighted by molar-refractivity contribution is 5.28. The second-order valence-electron chi connectivity index (χ2n) is 3.51. The van der Waals surface area contributed by atoms with E-state index in [1.807, 2.05) is 38.1 Å². The standard InChI is InChI=1S/C12H16N2O/c1-9(8-13)14-10(2)11-4-6-12(15-3)7-5-11/h4-7,9-10,14H,1-3H3/t9?,10-/m1/s1. The number of methoxy groups -OCH3 is 1. The van der Waals surface area contributed by atoms with E-state index in [4.69, 9.17) is 10.00 Å². The maximum absolute atomic E-state index is 8.68. The molecule has 0 aliphatic rings. The number of rotatable bonds is 4. The van der Waals surface area contributed by atoms with Crippen LogP contribution >= 0.6 is 0 Å². The maximum atomic E-state index is 8.68. The fourth-order valence-electron chi connectivity index (χ4n) is 1.40. The van der Waals surface area contributed by atoms with E-state index in [2.05, 4.69) is 11.4 Å². The minimum atomic E-state index is -0.137. The molecular weight excluding hydrogens is 188 g/mol. The predicted molar refractivity (Wildman–Crippen MR) is 59.6 cm³/mol. The van der Waals surface area contributed by atoms with Crippen LogP contribution in [0, 0.1) is 11.3 Å². The number of nitrogens with zero attached hydrogens (tertiary/aromatic N) is 1. The lowest BCUT2D eigenvalue weighted by Gasteiger charge is -2.15. The molecule has 0 saturated carbocycles. The Kier molecular flexibility index (Phi) is 4.14. The number of nitrogens with one attached hydrogen (secondary N) is 1. The molecule has 1 N–H and O–H groups in total. The first kappa shape index (κ1) is 11.5. The van der Waals surface area contributed by atoms with Crippen molar-refractivity contribution in [3.05, 3.63) is 29.8 Å². The molecule has 80 valence electrons. The Bertz CT molecular complexity index is 340. The zero-order chi connectivity index (χ0) is 11.3. The average molecular weight is 204 g/mol. The summed E-state index contributed by atoms with van der Waals surface area (Å²) in [5.41, 5.74) is 1.15. The molecule has 3 heteroatoms. The van der Waals surface area contributed by atoms with Crippen molar-refractivity contribution in [3.63, 3.8) is 0 Å². The van der Waals surface area contributed by atoms with Gasteiger partial charge in [-0.25, -0.2) is 0 Å². The quantitative estimate of drug-likeness (QED) is 0.818. The van der Waals surface area contributed by atoms with Crippen molar-refractivity contribution >= 4 is 0 Å².